The van der Waals surface area contributed by atoms with E-state index in [1.807, 2.05) is 6.92 Å². The van der Waals surface area contributed by atoms with Gasteiger partial charge in [-0.2, -0.15) is 0 Å². The van der Waals surface area contributed by atoms with Crippen LogP contribution in [0.4, 0.5) is 0 Å². The van der Waals surface area contributed by atoms with Gasteiger partial charge in [-0.25, -0.2) is 0 Å². The van der Waals surface area contributed by atoms with E-state index >= 15 is 0 Å². The van der Waals surface area contributed by atoms with Crippen LogP contribution in [0.2, 0.25) is 0 Å². The Labute approximate surface area is 121 Å². The molecule has 0 aliphatic heterocycles. The average Bonchev–Trinajstić information content (AvgIpc) is 2.38. The highest BCUT2D eigenvalue weighted by molar-refractivity contribution is 5.78. The van der Waals surface area contributed by atoms with Crippen molar-refractivity contribution < 1.29 is 19.4 Å². The van der Waals surface area contributed by atoms with Crippen LogP contribution in [-0.4, -0.2) is 36.2 Å². The fourth-order valence-corrected chi connectivity index (χ4v) is 2.68. The van der Waals surface area contributed by atoms with Gasteiger partial charge in [0.25, 0.3) is 0 Å². The largest absolute Gasteiger partial charge is 0.481 e. The molecule has 2 N–H and O–H groups in total. The number of methoxy groups -OCH3 is 1. The first-order valence-electron chi connectivity index (χ1n) is 7.59. The summed E-state index contributed by atoms with van der Waals surface area (Å²) in [4.78, 5) is 23.3. The second-order valence-electron chi connectivity index (χ2n) is 5.70. The normalized spacial score (nSPS) is 25.3. The lowest BCUT2D eigenvalue weighted by molar-refractivity contribution is -0.143. The third-order valence-corrected chi connectivity index (χ3v) is 4.11. The van der Waals surface area contributed by atoms with Crippen molar-refractivity contribution in [3.05, 3.63) is 0 Å². The van der Waals surface area contributed by atoms with Crippen molar-refractivity contribution in [3.63, 3.8) is 0 Å². The lowest BCUT2D eigenvalue weighted by atomic mass is 9.86. The molecule has 3 unspecified atom stereocenters. The Hall–Kier alpha value is -1.10. The Kier molecular flexibility index (Phi) is 7.59. The molecule has 0 radical (unpaired) electrons. The van der Waals surface area contributed by atoms with E-state index in [2.05, 4.69) is 5.32 Å². The number of nitrogens with one attached hydrogen (secondary N) is 1. The second kappa shape index (κ2) is 8.95. The molecule has 1 saturated carbocycles. The molecular formula is C15H27NO4. The van der Waals surface area contributed by atoms with Crippen molar-refractivity contribution in [1.82, 2.24) is 5.32 Å². The molecule has 5 heteroatoms. The summed E-state index contributed by atoms with van der Waals surface area (Å²) in [5, 5.41) is 12.2. The molecule has 1 aliphatic carbocycles. The molecule has 3 atom stereocenters. The molecule has 116 valence electrons. The van der Waals surface area contributed by atoms with E-state index < -0.39 is 11.9 Å². The van der Waals surface area contributed by atoms with Crippen molar-refractivity contribution >= 4 is 11.9 Å². The van der Waals surface area contributed by atoms with Gasteiger partial charge >= 0.3 is 5.97 Å². The quantitative estimate of drug-likeness (QED) is 0.785. The molecule has 1 aliphatic rings. The van der Waals surface area contributed by atoms with E-state index in [4.69, 9.17) is 4.74 Å². The number of carbonyl (C=O) groups excluding carboxylic acids is 1. The Morgan fingerprint density at radius 1 is 1.25 bits per heavy atom. The first-order valence-corrected chi connectivity index (χ1v) is 7.59. The number of carboxylic acid groups (broad SMARTS) is 1. The van der Waals surface area contributed by atoms with Crippen LogP contribution in [0, 0.1) is 5.92 Å². The molecule has 1 rings (SSSR count). The molecule has 20 heavy (non-hydrogen) atoms. The standard InChI is InChI=1S/C15H27NO4/c1-11(20-2)9-10-14(17)16-13-8-6-4-3-5-7-12(13)15(18)19/h11-13H,3-10H2,1-2H3,(H,16,17)(H,18,19). The smallest absolute Gasteiger partial charge is 0.308 e. The highest BCUT2D eigenvalue weighted by Gasteiger charge is 2.29. The molecule has 0 bridgehead atoms. The maximum atomic E-state index is 11.9. The van der Waals surface area contributed by atoms with Gasteiger partial charge in [0.15, 0.2) is 0 Å². The fourth-order valence-electron chi connectivity index (χ4n) is 2.68. The van der Waals surface area contributed by atoms with E-state index in [0.29, 0.717) is 19.3 Å². The maximum Gasteiger partial charge on any atom is 0.308 e. The van der Waals surface area contributed by atoms with Crippen LogP contribution in [0.1, 0.15) is 58.3 Å². The highest BCUT2D eigenvalue weighted by Crippen LogP contribution is 2.23. The first kappa shape index (κ1) is 17.0. The Morgan fingerprint density at radius 3 is 2.50 bits per heavy atom. The van der Waals surface area contributed by atoms with E-state index in [9.17, 15) is 14.7 Å². The van der Waals surface area contributed by atoms with Crippen LogP contribution < -0.4 is 5.32 Å². The Morgan fingerprint density at radius 2 is 1.90 bits per heavy atom. The summed E-state index contributed by atoms with van der Waals surface area (Å²) in [5.74, 6) is -1.30. The zero-order chi connectivity index (χ0) is 15.0. The van der Waals surface area contributed by atoms with Crippen molar-refractivity contribution in [1.29, 1.82) is 0 Å². The van der Waals surface area contributed by atoms with Crippen LogP contribution in [-0.2, 0) is 14.3 Å². The summed E-state index contributed by atoms with van der Waals surface area (Å²) in [7, 11) is 1.62. The van der Waals surface area contributed by atoms with Crippen LogP contribution in [0.3, 0.4) is 0 Å². The third-order valence-electron chi connectivity index (χ3n) is 4.11. The summed E-state index contributed by atoms with van der Waals surface area (Å²) < 4.78 is 5.11. The molecule has 0 aromatic heterocycles. The SMILES string of the molecule is COC(C)CCC(=O)NC1CCCCCCC1C(=O)O. The van der Waals surface area contributed by atoms with Crippen LogP contribution in [0.5, 0.6) is 0 Å². The summed E-state index contributed by atoms with van der Waals surface area (Å²) in [6, 6.07) is -0.224. The van der Waals surface area contributed by atoms with E-state index in [1.54, 1.807) is 7.11 Å². The molecule has 0 aromatic rings. The lowest BCUT2D eigenvalue weighted by Crippen LogP contribution is -2.44. The Bertz CT molecular complexity index is 319. The minimum atomic E-state index is -0.789. The molecule has 1 amide bonds. The topological polar surface area (TPSA) is 75.6 Å². The first-order chi connectivity index (χ1) is 9.54. The number of carboxylic acids is 1. The van der Waals surface area contributed by atoms with Gasteiger partial charge in [0.2, 0.25) is 5.91 Å². The second-order valence-corrected chi connectivity index (χ2v) is 5.70. The number of carbonyl (C=O) groups is 2. The molecule has 0 aromatic carbocycles. The summed E-state index contributed by atoms with van der Waals surface area (Å²) in [6.07, 6.45) is 6.66. The van der Waals surface area contributed by atoms with Crippen LogP contribution in [0.25, 0.3) is 0 Å². The third kappa shape index (κ3) is 5.90. The number of hydrogen-bond donors (Lipinski definition) is 2. The fraction of sp³-hybridized carbons (Fsp3) is 0.867. The van der Waals surface area contributed by atoms with Gasteiger partial charge in [-0.05, 0) is 26.2 Å². The van der Waals surface area contributed by atoms with Gasteiger partial charge in [0, 0.05) is 19.6 Å². The van der Waals surface area contributed by atoms with Crippen LogP contribution >= 0.6 is 0 Å². The van der Waals surface area contributed by atoms with E-state index in [0.717, 1.165) is 32.1 Å². The monoisotopic (exact) mass is 285 g/mol. The summed E-state index contributed by atoms with van der Waals surface area (Å²) in [6.45, 7) is 1.92. The molecule has 0 heterocycles. The van der Waals surface area contributed by atoms with Gasteiger partial charge in [-0.3, -0.25) is 9.59 Å². The molecule has 0 spiro atoms. The van der Waals surface area contributed by atoms with Gasteiger partial charge < -0.3 is 15.2 Å². The van der Waals surface area contributed by atoms with Gasteiger partial charge in [0.1, 0.15) is 0 Å². The van der Waals surface area contributed by atoms with Crippen LogP contribution in [0.15, 0.2) is 0 Å². The number of hydrogen-bond acceptors (Lipinski definition) is 3. The van der Waals surface area contributed by atoms with Crippen molar-refractivity contribution in [2.24, 2.45) is 5.92 Å². The summed E-state index contributed by atoms with van der Waals surface area (Å²) >= 11 is 0. The Balaban J connectivity index is 2.50. The number of aliphatic carboxylic acids is 1. The molecule has 5 nitrogen and oxygen atoms in total. The molecule has 1 fully saturated rings. The van der Waals surface area contributed by atoms with E-state index in [-0.39, 0.29) is 18.1 Å². The van der Waals surface area contributed by atoms with Crippen molar-refractivity contribution in [2.75, 3.05) is 7.11 Å². The minimum Gasteiger partial charge on any atom is -0.481 e. The highest BCUT2D eigenvalue weighted by atomic mass is 16.5. The zero-order valence-corrected chi connectivity index (χ0v) is 12.6. The number of amides is 1. The van der Waals surface area contributed by atoms with E-state index in [1.165, 1.54) is 0 Å². The lowest BCUT2D eigenvalue weighted by Gasteiger charge is -2.27. The zero-order valence-electron chi connectivity index (χ0n) is 12.6. The minimum absolute atomic E-state index is 0.0494. The van der Waals surface area contributed by atoms with Gasteiger partial charge in [-0.15, -0.1) is 0 Å². The predicted molar refractivity (Wildman–Crippen MR) is 76.5 cm³/mol. The molecule has 0 saturated heterocycles. The number of rotatable bonds is 6. The van der Waals surface area contributed by atoms with Gasteiger partial charge in [0.05, 0.1) is 12.0 Å². The molecular weight excluding hydrogens is 258 g/mol. The average molecular weight is 285 g/mol. The van der Waals surface area contributed by atoms with Crippen molar-refractivity contribution in [2.45, 2.75) is 70.4 Å². The maximum absolute atomic E-state index is 11.9. The number of ether oxygens (including phenoxy) is 1. The van der Waals surface area contributed by atoms with Crippen molar-refractivity contribution in [3.8, 4) is 0 Å². The summed E-state index contributed by atoms with van der Waals surface area (Å²) in [5.41, 5.74) is 0. The predicted octanol–water partition coefficient (Wildman–Crippen LogP) is 2.34. The van der Waals surface area contributed by atoms with Gasteiger partial charge in [-0.1, -0.05) is 25.7 Å².